The van der Waals surface area contributed by atoms with Crippen molar-refractivity contribution in [1.29, 1.82) is 0 Å². The third-order valence-electron chi connectivity index (χ3n) is 1.23. The average Bonchev–Trinajstić information content (AvgIpc) is 2.19. The Kier molecular flexibility index (Phi) is 7.92. The molecule has 1 aromatic carbocycles. The zero-order chi connectivity index (χ0) is 11.0. The van der Waals surface area contributed by atoms with Crippen molar-refractivity contribution in [3.05, 3.63) is 35.9 Å². The van der Waals surface area contributed by atoms with Gasteiger partial charge in [-0.05, 0) is 17.4 Å². The minimum absolute atomic E-state index is 0.612. The van der Waals surface area contributed by atoms with E-state index in [9.17, 15) is 0 Å². The van der Waals surface area contributed by atoms with Crippen LogP contribution in [0.4, 0.5) is 0 Å². The van der Waals surface area contributed by atoms with Crippen LogP contribution in [0, 0.1) is 0 Å². The van der Waals surface area contributed by atoms with Crippen molar-refractivity contribution < 1.29 is 9.42 Å². The van der Waals surface area contributed by atoms with Gasteiger partial charge in [0.25, 0.3) is 0 Å². The van der Waals surface area contributed by atoms with Crippen LogP contribution < -0.4 is 0 Å². The maximum absolute atomic E-state index is 8.39. The van der Waals surface area contributed by atoms with Gasteiger partial charge in [-0.15, -0.1) is 11.6 Å². The molecule has 0 aliphatic heterocycles. The van der Waals surface area contributed by atoms with E-state index in [2.05, 4.69) is 28.6 Å². The molecule has 0 spiro atoms. The molecule has 0 aliphatic carbocycles. The molecule has 1 N–H and O–H groups in total. The molecular formula is C8H12ClO2PS2. The second-order valence-corrected chi connectivity index (χ2v) is 7.83. The van der Waals surface area contributed by atoms with Crippen molar-refractivity contribution in [2.24, 2.45) is 0 Å². The van der Waals surface area contributed by atoms with E-state index in [-0.39, 0.29) is 0 Å². The van der Waals surface area contributed by atoms with Gasteiger partial charge in [0, 0.05) is 13.0 Å². The molecule has 2 nitrogen and oxygen atoms in total. The van der Waals surface area contributed by atoms with Crippen molar-refractivity contribution in [2.45, 2.75) is 5.88 Å². The fraction of sp³-hybridized carbons (Fsp3) is 0.250. The second-order valence-electron chi connectivity index (χ2n) is 2.29. The highest BCUT2D eigenvalue weighted by Gasteiger charge is 1.97. The predicted molar refractivity (Wildman–Crippen MR) is 68.5 cm³/mol. The van der Waals surface area contributed by atoms with Gasteiger partial charge >= 0.3 is 0 Å². The molecule has 0 saturated heterocycles. The van der Waals surface area contributed by atoms with Gasteiger partial charge in [-0.25, -0.2) is 0 Å². The SMILES string of the molecule is COP(O)(=S)S.ClCc1ccccc1. The van der Waals surface area contributed by atoms with Crippen LogP contribution in [0.5, 0.6) is 0 Å². The molecule has 1 rings (SSSR count). The lowest BCUT2D eigenvalue weighted by Gasteiger charge is -1.99. The molecule has 0 saturated carbocycles. The highest BCUT2D eigenvalue weighted by Crippen LogP contribution is 2.45. The third-order valence-corrected chi connectivity index (χ3v) is 2.96. The number of halogens is 1. The first-order chi connectivity index (χ1) is 6.49. The Morgan fingerprint density at radius 2 is 1.93 bits per heavy atom. The van der Waals surface area contributed by atoms with Gasteiger partial charge in [-0.3, -0.25) is 0 Å². The Balaban J connectivity index is 0.000000255. The van der Waals surface area contributed by atoms with Gasteiger partial charge in [-0.1, -0.05) is 42.6 Å². The minimum atomic E-state index is -2.62. The van der Waals surface area contributed by atoms with Crippen LogP contribution in [-0.2, 0) is 22.2 Å². The lowest BCUT2D eigenvalue weighted by molar-refractivity contribution is 0.405. The Morgan fingerprint density at radius 3 is 2.14 bits per heavy atom. The molecule has 0 heterocycles. The third kappa shape index (κ3) is 9.00. The van der Waals surface area contributed by atoms with Crippen LogP contribution in [0.3, 0.4) is 0 Å². The van der Waals surface area contributed by atoms with Crippen molar-refractivity contribution in [3.8, 4) is 0 Å². The maximum Gasteiger partial charge on any atom is 0.241 e. The van der Waals surface area contributed by atoms with Gasteiger partial charge in [0.05, 0.1) is 0 Å². The summed E-state index contributed by atoms with van der Waals surface area (Å²) in [6.07, 6.45) is 0. The number of hydrogen-bond donors (Lipinski definition) is 2. The highest BCUT2D eigenvalue weighted by molar-refractivity contribution is 8.59. The fourth-order valence-electron chi connectivity index (χ4n) is 0.567. The molecule has 0 bridgehead atoms. The Labute approximate surface area is 99.6 Å². The van der Waals surface area contributed by atoms with E-state index in [0.29, 0.717) is 5.88 Å². The molecule has 0 radical (unpaired) electrons. The fourth-order valence-corrected chi connectivity index (χ4v) is 0.745. The van der Waals surface area contributed by atoms with E-state index in [1.54, 1.807) is 0 Å². The van der Waals surface area contributed by atoms with Gasteiger partial charge < -0.3 is 9.42 Å². The Bertz CT molecular complexity index is 289. The van der Waals surface area contributed by atoms with E-state index >= 15 is 0 Å². The van der Waals surface area contributed by atoms with Crippen LogP contribution in [0.15, 0.2) is 30.3 Å². The summed E-state index contributed by atoms with van der Waals surface area (Å²) in [5, 5.41) is 0. The normalized spacial score (nSPS) is 13.7. The average molecular weight is 271 g/mol. The smallest absolute Gasteiger partial charge is 0.241 e. The van der Waals surface area contributed by atoms with E-state index in [1.165, 1.54) is 12.7 Å². The first kappa shape index (κ1) is 14.4. The summed E-state index contributed by atoms with van der Waals surface area (Å²) >= 11 is 13.3. The predicted octanol–water partition coefficient (Wildman–Crippen LogP) is 3.20. The van der Waals surface area contributed by atoms with Crippen LogP contribution in [0.2, 0.25) is 0 Å². The van der Waals surface area contributed by atoms with Crippen molar-refractivity contribution >= 4 is 41.3 Å². The number of alkyl halides is 1. The van der Waals surface area contributed by atoms with E-state index in [4.69, 9.17) is 16.5 Å². The zero-order valence-corrected chi connectivity index (χ0v) is 11.0. The molecule has 1 aromatic rings. The van der Waals surface area contributed by atoms with E-state index in [1.807, 2.05) is 30.3 Å². The zero-order valence-electron chi connectivity index (χ0n) is 7.63. The first-order valence-corrected chi connectivity index (χ1v) is 8.07. The summed E-state index contributed by atoms with van der Waals surface area (Å²) in [7, 11) is 1.33. The number of hydrogen-bond acceptors (Lipinski definition) is 2. The molecule has 0 aromatic heterocycles. The van der Waals surface area contributed by atoms with Crippen LogP contribution in [0.1, 0.15) is 5.56 Å². The number of rotatable bonds is 2. The molecule has 0 aliphatic rings. The monoisotopic (exact) mass is 270 g/mol. The topological polar surface area (TPSA) is 29.5 Å². The Hall–Kier alpha value is 0.430. The molecule has 14 heavy (non-hydrogen) atoms. The standard InChI is InChI=1S/C7H7Cl.CH5O2PS2/c8-6-7-4-2-1-3-5-7;1-3-4(2,5)6/h1-5H,6H2;1H3,(H2,2,5,6). The largest absolute Gasteiger partial charge is 0.338 e. The molecular weight excluding hydrogens is 259 g/mol. The summed E-state index contributed by atoms with van der Waals surface area (Å²) < 4.78 is 4.28. The second kappa shape index (κ2) is 7.69. The van der Waals surface area contributed by atoms with Gasteiger partial charge in [0.2, 0.25) is 5.69 Å². The molecule has 1 atom stereocenters. The molecule has 0 fully saturated rings. The van der Waals surface area contributed by atoms with Crippen molar-refractivity contribution in [2.75, 3.05) is 7.11 Å². The van der Waals surface area contributed by atoms with Gasteiger partial charge in [0.15, 0.2) is 0 Å². The van der Waals surface area contributed by atoms with Gasteiger partial charge in [-0.2, -0.15) is 0 Å². The summed E-state index contributed by atoms with van der Waals surface area (Å²) in [6, 6.07) is 9.96. The van der Waals surface area contributed by atoms with Gasteiger partial charge in [0.1, 0.15) is 0 Å². The minimum Gasteiger partial charge on any atom is -0.338 e. The van der Waals surface area contributed by atoms with Crippen LogP contribution in [-0.4, -0.2) is 12.0 Å². The highest BCUT2D eigenvalue weighted by atomic mass is 35.5. The summed E-state index contributed by atoms with van der Waals surface area (Å²) in [5.41, 5.74) is -1.44. The maximum atomic E-state index is 8.39. The quantitative estimate of drug-likeness (QED) is 0.491. The summed E-state index contributed by atoms with van der Waals surface area (Å²) in [4.78, 5) is 8.39. The lowest BCUT2D eigenvalue weighted by Crippen LogP contribution is -1.71. The molecule has 0 amide bonds. The lowest BCUT2D eigenvalue weighted by atomic mass is 10.2. The molecule has 80 valence electrons. The van der Waals surface area contributed by atoms with E-state index in [0.717, 1.165) is 0 Å². The number of benzene rings is 1. The first-order valence-electron chi connectivity index (χ1n) is 3.70. The van der Waals surface area contributed by atoms with Crippen molar-refractivity contribution in [1.82, 2.24) is 0 Å². The summed E-state index contributed by atoms with van der Waals surface area (Å²) in [6.45, 7) is 0. The molecule has 6 heteroatoms. The Morgan fingerprint density at radius 1 is 1.50 bits per heavy atom. The van der Waals surface area contributed by atoms with Crippen molar-refractivity contribution in [3.63, 3.8) is 0 Å². The van der Waals surface area contributed by atoms with E-state index < -0.39 is 5.69 Å². The number of thiol groups is 1. The summed E-state index contributed by atoms with van der Waals surface area (Å²) in [5.74, 6) is 0.612. The van der Waals surface area contributed by atoms with Crippen LogP contribution in [0.25, 0.3) is 0 Å². The molecule has 1 unspecified atom stereocenters. The van der Waals surface area contributed by atoms with Crippen LogP contribution >= 0.6 is 29.5 Å².